The lowest BCUT2D eigenvalue weighted by atomic mass is 10.1. The van der Waals surface area contributed by atoms with Gasteiger partial charge in [-0.2, -0.15) is 0 Å². The molecule has 2 rings (SSSR count). The van der Waals surface area contributed by atoms with Crippen molar-refractivity contribution in [2.24, 2.45) is 0 Å². The van der Waals surface area contributed by atoms with E-state index in [-0.39, 0.29) is 5.78 Å². The number of benzene rings is 1. The number of methoxy groups -OCH3 is 1. The van der Waals surface area contributed by atoms with Gasteiger partial charge in [0.2, 0.25) is 5.78 Å². The molecule has 0 spiro atoms. The number of nitrogens with two attached hydrogens (primary N) is 1. The van der Waals surface area contributed by atoms with Crippen LogP contribution < -0.4 is 10.5 Å². The summed E-state index contributed by atoms with van der Waals surface area (Å²) in [4.78, 5) is 12.8. The van der Waals surface area contributed by atoms with Crippen LogP contribution in [0.4, 0.5) is 5.69 Å². The van der Waals surface area contributed by atoms with E-state index in [2.05, 4.69) is 15.9 Å². The number of halogens is 1. The van der Waals surface area contributed by atoms with Crippen molar-refractivity contribution >= 4 is 38.7 Å². The lowest BCUT2D eigenvalue weighted by Crippen LogP contribution is -2.02. The molecule has 0 saturated heterocycles. The van der Waals surface area contributed by atoms with Crippen LogP contribution in [0.3, 0.4) is 0 Å². The number of thiophene rings is 1. The van der Waals surface area contributed by atoms with Gasteiger partial charge in [-0.3, -0.25) is 4.79 Å². The maximum Gasteiger partial charge on any atom is 0.206 e. The van der Waals surface area contributed by atoms with E-state index in [1.807, 2.05) is 5.38 Å². The summed E-state index contributed by atoms with van der Waals surface area (Å²) in [5.74, 6) is 0.517. The lowest BCUT2D eigenvalue weighted by molar-refractivity contribution is 0.104. The topological polar surface area (TPSA) is 52.3 Å². The van der Waals surface area contributed by atoms with E-state index >= 15 is 0 Å². The second kappa shape index (κ2) is 4.89. The van der Waals surface area contributed by atoms with Crippen molar-refractivity contribution in [2.45, 2.75) is 0 Å². The van der Waals surface area contributed by atoms with Crippen molar-refractivity contribution in [2.75, 3.05) is 12.8 Å². The van der Waals surface area contributed by atoms with E-state index in [9.17, 15) is 4.79 Å². The van der Waals surface area contributed by atoms with Gasteiger partial charge in [-0.15, -0.1) is 11.3 Å². The van der Waals surface area contributed by atoms with Crippen molar-refractivity contribution < 1.29 is 9.53 Å². The van der Waals surface area contributed by atoms with Crippen LogP contribution in [0.5, 0.6) is 5.75 Å². The summed E-state index contributed by atoms with van der Waals surface area (Å²) >= 11 is 4.68. The molecule has 5 heteroatoms. The minimum atomic E-state index is -0.0788. The quantitative estimate of drug-likeness (QED) is 0.698. The first-order valence-electron chi connectivity index (χ1n) is 4.84. The fourth-order valence-corrected chi connectivity index (χ4v) is 2.83. The number of rotatable bonds is 3. The van der Waals surface area contributed by atoms with Crippen molar-refractivity contribution in [3.63, 3.8) is 0 Å². The van der Waals surface area contributed by atoms with Crippen molar-refractivity contribution in [1.82, 2.24) is 0 Å². The molecule has 2 aromatic rings. The molecule has 0 saturated carbocycles. The summed E-state index contributed by atoms with van der Waals surface area (Å²) in [6.45, 7) is 0. The van der Waals surface area contributed by atoms with Gasteiger partial charge in [0.25, 0.3) is 0 Å². The zero-order chi connectivity index (χ0) is 12.4. The molecule has 88 valence electrons. The molecule has 0 aliphatic rings. The maximum absolute atomic E-state index is 12.2. The third-order valence-corrected chi connectivity index (χ3v) is 3.59. The van der Waals surface area contributed by atoms with Gasteiger partial charge >= 0.3 is 0 Å². The van der Waals surface area contributed by atoms with Gasteiger partial charge in [0.05, 0.1) is 7.11 Å². The Morgan fingerprint density at radius 2 is 2.18 bits per heavy atom. The molecule has 0 fully saturated rings. The van der Waals surface area contributed by atoms with E-state index in [0.29, 0.717) is 21.9 Å². The molecule has 0 amide bonds. The van der Waals surface area contributed by atoms with Crippen LogP contribution in [0.1, 0.15) is 15.2 Å². The Morgan fingerprint density at radius 3 is 2.82 bits per heavy atom. The average Bonchev–Trinajstić information content (AvgIpc) is 2.74. The number of nitrogen functional groups attached to an aromatic ring is 1. The Bertz CT molecular complexity index is 545. The van der Waals surface area contributed by atoms with Crippen LogP contribution in [0.2, 0.25) is 0 Å². The monoisotopic (exact) mass is 311 g/mol. The molecule has 17 heavy (non-hydrogen) atoms. The maximum atomic E-state index is 12.2. The van der Waals surface area contributed by atoms with Gasteiger partial charge in [-0.1, -0.05) is 15.9 Å². The fraction of sp³-hybridized carbons (Fsp3) is 0.0833. The van der Waals surface area contributed by atoms with Crippen LogP contribution in [0.25, 0.3) is 0 Å². The molecule has 0 bridgehead atoms. The number of ether oxygens (including phenoxy) is 1. The molecular formula is C12H10BrNO2S. The highest BCUT2D eigenvalue weighted by molar-refractivity contribution is 9.10. The Hall–Kier alpha value is -1.33. The average molecular weight is 312 g/mol. The molecule has 0 radical (unpaired) electrons. The van der Waals surface area contributed by atoms with Gasteiger partial charge in [-0.05, 0) is 29.6 Å². The molecule has 3 nitrogen and oxygen atoms in total. The van der Waals surface area contributed by atoms with Gasteiger partial charge in [0, 0.05) is 15.7 Å². The third kappa shape index (κ3) is 2.50. The molecule has 0 aliphatic heterocycles. The van der Waals surface area contributed by atoms with E-state index in [4.69, 9.17) is 10.5 Å². The third-order valence-electron chi connectivity index (χ3n) is 2.24. The van der Waals surface area contributed by atoms with Crippen molar-refractivity contribution in [1.29, 1.82) is 0 Å². The normalized spacial score (nSPS) is 10.2. The van der Waals surface area contributed by atoms with Crippen LogP contribution >= 0.6 is 27.3 Å². The molecule has 1 aromatic carbocycles. The second-order valence-electron chi connectivity index (χ2n) is 3.42. The highest BCUT2D eigenvalue weighted by atomic mass is 79.9. The highest BCUT2D eigenvalue weighted by Crippen LogP contribution is 2.28. The van der Waals surface area contributed by atoms with Crippen LogP contribution in [0.15, 0.2) is 34.1 Å². The smallest absolute Gasteiger partial charge is 0.206 e. The minimum absolute atomic E-state index is 0.0788. The summed E-state index contributed by atoms with van der Waals surface area (Å²) in [5.41, 5.74) is 6.82. The molecular weight excluding hydrogens is 302 g/mol. The highest BCUT2D eigenvalue weighted by Gasteiger charge is 2.16. The summed E-state index contributed by atoms with van der Waals surface area (Å²) in [6.07, 6.45) is 0. The lowest BCUT2D eigenvalue weighted by Gasteiger charge is -2.04. The number of carbonyl (C=O) groups excluding carboxylic acids is 1. The SMILES string of the molecule is COc1ccsc1C(=O)c1cc(N)cc(Br)c1. The number of hydrogen-bond acceptors (Lipinski definition) is 4. The van der Waals surface area contributed by atoms with Gasteiger partial charge in [0.1, 0.15) is 10.6 Å². The first-order chi connectivity index (χ1) is 8.11. The molecule has 0 atom stereocenters. The van der Waals surface area contributed by atoms with Crippen molar-refractivity contribution in [3.8, 4) is 5.75 Å². The number of hydrogen-bond donors (Lipinski definition) is 1. The Balaban J connectivity index is 2.43. The second-order valence-corrected chi connectivity index (χ2v) is 5.25. The first-order valence-corrected chi connectivity index (χ1v) is 6.51. The fourth-order valence-electron chi connectivity index (χ4n) is 1.50. The summed E-state index contributed by atoms with van der Waals surface area (Å²) in [7, 11) is 1.55. The predicted molar refractivity (Wildman–Crippen MR) is 72.9 cm³/mol. The summed E-state index contributed by atoms with van der Waals surface area (Å²) < 4.78 is 5.92. The molecule has 1 aromatic heterocycles. The van der Waals surface area contributed by atoms with Gasteiger partial charge < -0.3 is 10.5 Å². The molecule has 1 heterocycles. The molecule has 0 unspecified atom stereocenters. The minimum Gasteiger partial charge on any atom is -0.495 e. The van der Waals surface area contributed by atoms with Crippen molar-refractivity contribution in [3.05, 3.63) is 44.6 Å². The number of ketones is 1. The summed E-state index contributed by atoms with van der Waals surface area (Å²) in [6, 6.07) is 6.94. The number of carbonyl (C=O) groups is 1. The zero-order valence-electron chi connectivity index (χ0n) is 9.07. The Labute approximate surface area is 111 Å². The van der Waals surface area contributed by atoms with E-state index in [1.54, 1.807) is 31.4 Å². The van der Waals surface area contributed by atoms with Crippen LogP contribution in [-0.2, 0) is 0 Å². The van der Waals surface area contributed by atoms with Gasteiger partial charge in [0.15, 0.2) is 0 Å². The first kappa shape index (κ1) is 12.1. The van der Waals surface area contributed by atoms with Crippen LogP contribution in [-0.4, -0.2) is 12.9 Å². The van der Waals surface area contributed by atoms with Crippen LogP contribution in [0, 0.1) is 0 Å². The Kier molecular flexibility index (Phi) is 3.49. The zero-order valence-corrected chi connectivity index (χ0v) is 11.5. The van der Waals surface area contributed by atoms with E-state index in [1.165, 1.54) is 11.3 Å². The summed E-state index contributed by atoms with van der Waals surface area (Å²) in [5, 5.41) is 1.83. The predicted octanol–water partition coefficient (Wildman–Crippen LogP) is 3.33. The van der Waals surface area contributed by atoms with E-state index < -0.39 is 0 Å². The number of anilines is 1. The Morgan fingerprint density at radius 1 is 1.41 bits per heavy atom. The molecule has 2 N–H and O–H groups in total. The standard InChI is InChI=1S/C12H10BrNO2S/c1-16-10-2-3-17-12(10)11(15)7-4-8(13)6-9(14)5-7/h2-6H,14H2,1H3. The van der Waals surface area contributed by atoms with E-state index in [0.717, 1.165) is 4.47 Å². The molecule has 0 aliphatic carbocycles. The largest absolute Gasteiger partial charge is 0.495 e. The van der Waals surface area contributed by atoms with Gasteiger partial charge in [-0.25, -0.2) is 0 Å².